The van der Waals surface area contributed by atoms with Crippen LogP contribution < -0.4 is 5.32 Å². The highest BCUT2D eigenvalue weighted by Crippen LogP contribution is 2.33. The molecule has 0 aromatic rings. The molecule has 0 spiro atoms. The molecule has 3 rings (SSSR count). The molecule has 2 amide bonds. The van der Waals surface area contributed by atoms with Gasteiger partial charge in [0.2, 0.25) is 0 Å². The Bertz CT molecular complexity index is 633. The SMILES string of the molecule is CCCO[C@H]1CC[C@H](N(C(=O)NC2=NCC(SCCC(=O)O)S2)C2CCCCCC2)CC1. The number of aliphatic imine (C=N–C) groups is 1. The summed E-state index contributed by atoms with van der Waals surface area (Å²) in [5, 5.41) is 12.6. The standard InChI is InChI=1S/C23H39N3O4S2/c1-2-14-30-19-11-9-18(10-12-19)26(17-7-5-3-4-6-8-17)23(29)25-22-24-16-21(32-22)31-15-13-20(27)28/h17-19,21H,2-16H2,1H3,(H,27,28)(H,24,25,29)/t18-,19-,21?. The van der Waals surface area contributed by atoms with Crippen molar-refractivity contribution in [3.63, 3.8) is 0 Å². The summed E-state index contributed by atoms with van der Waals surface area (Å²) in [6, 6.07) is 0.577. The number of hydrogen-bond donors (Lipinski definition) is 2. The highest BCUT2D eigenvalue weighted by atomic mass is 32.2. The maximum absolute atomic E-state index is 13.5. The first kappa shape index (κ1) is 25.7. The third kappa shape index (κ3) is 8.13. The number of nitrogens with zero attached hydrogens (tertiary/aromatic N) is 2. The van der Waals surface area contributed by atoms with Crippen molar-refractivity contribution >= 4 is 40.7 Å². The molecule has 3 aliphatic rings. The van der Waals surface area contributed by atoms with Crippen LogP contribution in [0.2, 0.25) is 0 Å². The highest BCUT2D eigenvalue weighted by Gasteiger charge is 2.35. The van der Waals surface area contributed by atoms with E-state index in [1.165, 1.54) is 25.7 Å². The minimum Gasteiger partial charge on any atom is -0.481 e. The summed E-state index contributed by atoms with van der Waals surface area (Å²) < 4.78 is 6.15. The number of thioether (sulfide) groups is 2. The molecule has 0 aromatic heterocycles. The van der Waals surface area contributed by atoms with Crippen LogP contribution in [0, 0.1) is 0 Å². The average molecular weight is 486 g/mol. The Balaban J connectivity index is 1.56. The molecule has 2 N–H and O–H groups in total. The maximum Gasteiger partial charge on any atom is 0.323 e. The predicted octanol–water partition coefficient (Wildman–Crippen LogP) is 5.10. The van der Waals surface area contributed by atoms with Crippen molar-refractivity contribution < 1.29 is 19.4 Å². The van der Waals surface area contributed by atoms with Gasteiger partial charge in [0.05, 0.1) is 23.7 Å². The van der Waals surface area contributed by atoms with E-state index in [-0.39, 0.29) is 23.1 Å². The van der Waals surface area contributed by atoms with Crippen molar-refractivity contribution in [1.82, 2.24) is 10.2 Å². The third-order valence-corrected chi connectivity index (χ3v) is 9.03. The van der Waals surface area contributed by atoms with E-state index in [4.69, 9.17) is 9.84 Å². The fourth-order valence-electron chi connectivity index (χ4n) is 4.89. The second-order valence-corrected chi connectivity index (χ2v) is 11.8. The number of amidine groups is 1. The summed E-state index contributed by atoms with van der Waals surface area (Å²) in [5.74, 6) is -0.204. The van der Waals surface area contributed by atoms with E-state index in [1.54, 1.807) is 23.5 Å². The van der Waals surface area contributed by atoms with Gasteiger partial charge in [-0.25, -0.2) is 4.79 Å². The monoisotopic (exact) mass is 485 g/mol. The first-order valence-corrected chi connectivity index (χ1v) is 14.2. The predicted molar refractivity (Wildman–Crippen MR) is 133 cm³/mol. The zero-order valence-corrected chi connectivity index (χ0v) is 20.9. The van der Waals surface area contributed by atoms with E-state index in [2.05, 4.69) is 22.1 Å². The van der Waals surface area contributed by atoms with Crippen molar-refractivity contribution in [2.45, 2.75) is 107 Å². The van der Waals surface area contributed by atoms with Gasteiger partial charge in [0.1, 0.15) is 0 Å². The van der Waals surface area contributed by atoms with E-state index in [9.17, 15) is 9.59 Å². The molecule has 7 nitrogen and oxygen atoms in total. The number of amides is 2. The van der Waals surface area contributed by atoms with Gasteiger partial charge in [-0.1, -0.05) is 44.4 Å². The topological polar surface area (TPSA) is 91.2 Å². The number of urea groups is 1. The van der Waals surface area contributed by atoms with Gasteiger partial charge in [-0.3, -0.25) is 15.1 Å². The van der Waals surface area contributed by atoms with Gasteiger partial charge in [-0.05, 0) is 44.9 Å². The fraction of sp³-hybridized carbons (Fsp3) is 0.870. The molecule has 9 heteroatoms. The molecule has 0 radical (unpaired) electrons. The summed E-state index contributed by atoms with van der Waals surface area (Å²) in [4.78, 5) is 30.9. The Kier molecular flexibility index (Phi) is 11.0. The van der Waals surface area contributed by atoms with Gasteiger partial charge in [0.15, 0.2) is 5.17 Å². The number of ether oxygens (including phenoxy) is 1. The van der Waals surface area contributed by atoms with Crippen molar-refractivity contribution in [3.05, 3.63) is 0 Å². The molecule has 2 fully saturated rings. The quantitative estimate of drug-likeness (QED) is 0.442. The number of carboxylic acid groups (broad SMARTS) is 1. The van der Waals surface area contributed by atoms with Crippen molar-refractivity contribution in [2.75, 3.05) is 18.9 Å². The van der Waals surface area contributed by atoms with E-state index in [1.807, 2.05) is 0 Å². The van der Waals surface area contributed by atoms with E-state index in [0.717, 1.165) is 51.6 Å². The zero-order valence-electron chi connectivity index (χ0n) is 19.3. The maximum atomic E-state index is 13.5. The number of nitrogens with one attached hydrogen (secondary N) is 1. The minimum atomic E-state index is -0.774. The highest BCUT2D eigenvalue weighted by molar-refractivity contribution is 8.25. The second-order valence-electron chi connectivity index (χ2n) is 8.99. The molecule has 182 valence electrons. The normalized spacial score (nSPS) is 26.9. The van der Waals surface area contributed by atoms with Gasteiger partial charge < -0.3 is 14.7 Å². The Morgan fingerprint density at radius 2 is 1.81 bits per heavy atom. The summed E-state index contributed by atoms with van der Waals surface area (Å²) in [5.41, 5.74) is 0. The number of rotatable bonds is 9. The summed E-state index contributed by atoms with van der Waals surface area (Å²) >= 11 is 3.16. The summed E-state index contributed by atoms with van der Waals surface area (Å²) in [7, 11) is 0. The molecule has 0 saturated heterocycles. The second kappa shape index (κ2) is 13.7. The van der Waals surface area contributed by atoms with Crippen LogP contribution in [0.3, 0.4) is 0 Å². The van der Waals surface area contributed by atoms with Gasteiger partial charge in [-0.2, -0.15) is 0 Å². The lowest BCUT2D eigenvalue weighted by atomic mass is 9.90. The van der Waals surface area contributed by atoms with Gasteiger partial charge >= 0.3 is 12.0 Å². The first-order valence-electron chi connectivity index (χ1n) is 12.3. The first-order chi connectivity index (χ1) is 15.6. The lowest BCUT2D eigenvalue weighted by Gasteiger charge is -2.41. The number of carbonyl (C=O) groups is 2. The fourth-order valence-corrected chi connectivity index (χ4v) is 7.15. The third-order valence-electron chi connectivity index (χ3n) is 6.51. The van der Waals surface area contributed by atoms with Gasteiger partial charge in [-0.15, -0.1) is 11.8 Å². The molecule has 0 aromatic carbocycles. The van der Waals surface area contributed by atoms with Crippen LogP contribution in [0.5, 0.6) is 0 Å². The van der Waals surface area contributed by atoms with Crippen LogP contribution in [-0.4, -0.2) is 68.8 Å². The largest absolute Gasteiger partial charge is 0.481 e. The molecule has 1 heterocycles. The van der Waals surface area contributed by atoms with Crippen LogP contribution >= 0.6 is 23.5 Å². The van der Waals surface area contributed by atoms with Crippen molar-refractivity contribution in [3.8, 4) is 0 Å². The molecule has 2 saturated carbocycles. The molecule has 1 unspecified atom stereocenters. The van der Waals surface area contributed by atoms with Gasteiger partial charge in [0.25, 0.3) is 0 Å². The van der Waals surface area contributed by atoms with Crippen LogP contribution in [0.1, 0.15) is 84.0 Å². The summed E-state index contributed by atoms with van der Waals surface area (Å²) in [6.07, 6.45) is 12.7. The Morgan fingerprint density at radius 3 is 2.47 bits per heavy atom. The van der Waals surface area contributed by atoms with Crippen molar-refractivity contribution in [2.24, 2.45) is 4.99 Å². The molecule has 32 heavy (non-hydrogen) atoms. The van der Waals surface area contributed by atoms with E-state index < -0.39 is 5.97 Å². The Morgan fingerprint density at radius 1 is 1.12 bits per heavy atom. The number of carbonyl (C=O) groups excluding carboxylic acids is 1. The van der Waals surface area contributed by atoms with Crippen LogP contribution in [-0.2, 0) is 9.53 Å². The average Bonchev–Trinajstić information content (AvgIpc) is 3.04. The van der Waals surface area contributed by atoms with Gasteiger partial charge in [0, 0.05) is 24.4 Å². The van der Waals surface area contributed by atoms with Crippen LogP contribution in [0.25, 0.3) is 0 Å². The molecular formula is C23H39N3O4S2. The summed E-state index contributed by atoms with van der Waals surface area (Å²) in [6.45, 7) is 3.58. The molecule has 0 bridgehead atoms. The number of hydrogen-bond acceptors (Lipinski definition) is 6. The van der Waals surface area contributed by atoms with E-state index >= 15 is 0 Å². The smallest absolute Gasteiger partial charge is 0.323 e. The number of carboxylic acids is 1. The van der Waals surface area contributed by atoms with Crippen molar-refractivity contribution in [1.29, 1.82) is 0 Å². The number of aliphatic carboxylic acids is 1. The Labute approximate surface area is 200 Å². The zero-order chi connectivity index (χ0) is 22.8. The molecule has 1 aliphatic heterocycles. The molecule has 2 aliphatic carbocycles. The van der Waals surface area contributed by atoms with Crippen LogP contribution in [0.15, 0.2) is 4.99 Å². The minimum absolute atomic E-state index is 0.00253. The molecule has 1 atom stereocenters. The Hall–Kier alpha value is -0.930. The van der Waals surface area contributed by atoms with E-state index in [0.29, 0.717) is 29.6 Å². The molecular weight excluding hydrogens is 446 g/mol. The van der Waals surface area contributed by atoms with Crippen LogP contribution in [0.4, 0.5) is 4.79 Å². The lowest BCUT2D eigenvalue weighted by Crippen LogP contribution is -2.53. The lowest BCUT2D eigenvalue weighted by molar-refractivity contribution is -0.136.